The minimum atomic E-state index is 0.908. The topological polar surface area (TPSA) is 16.4 Å². The van der Waals surface area contributed by atoms with Crippen LogP contribution in [0.5, 0.6) is 0 Å². The van der Waals surface area contributed by atoms with Crippen LogP contribution in [0.15, 0.2) is 205 Å². The SMILES string of the molecule is c1ccc(-c2ccccc2N(c2ccc(-c3cccc4c3oc3ccccc34)cc2)c2ccc(-c3c4ccccc4cc4sc5ccccc5c34)cc2)cc1. The maximum Gasteiger partial charge on any atom is 0.143 e. The van der Waals surface area contributed by atoms with Crippen molar-refractivity contribution in [2.75, 3.05) is 4.90 Å². The molecule has 9 aromatic carbocycles. The summed E-state index contributed by atoms with van der Waals surface area (Å²) in [6, 6.07) is 72.1. The zero-order valence-corrected chi connectivity index (χ0v) is 30.6. The number of fused-ring (bicyclic) bond motifs is 7. The van der Waals surface area contributed by atoms with E-state index in [-0.39, 0.29) is 0 Å². The Labute approximate surface area is 322 Å². The van der Waals surface area contributed by atoms with Gasteiger partial charge >= 0.3 is 0 Å². The van der Waals surface area contributed by atoms with Crippen LogP contribution in [0.4, 0.5) is 17.1 Å². The van der Waals surface area contributed by atoms with Crippen LogP contribution in [0.3, 0.4) is 0 Å². The van der Waals surface area contributed by atoms with Crippen molar-refractivity contribution in [2.24, 2.45) is 0 Å². The fourth-order valence-corrected chi connectivity index (χ4v) is 9.51. The molecule has 258 valence electrons. The third-order valence-corrected chi connectivity index (χ3v) is 12.0. The molecule has 0 saturated carbocycles. The highest BCUT2D eigenvalue weighted by atomic mass is 32.1. The highest BCUT2D eigenvalue weighted by Crippen LogP contribution is 2.46. The van der Waals surface area contributed by atoms with Crippen molar-refractivity contribution < 1.29 is 4.42 Å². The highest BCUT2D eigenvalue weighted by molar-refractivity contribution is 7.26. The summed E-state index contributed by atoms with van der Waals surface area (Å²) in [5, 5.41) is 7.44. The van der Waals surface area contributed by atoms with E-state index in [0.717, 1.165) is 50.1 Å². The van der Waals surface area contributed by atoms with Gasteiger partial charge in [-0.25, -0.2) is 0 Å². The fourth-order valence-electron chi connectivity index (χ4n) is 8.35. The van der Waals surface area contributed by atoms with Crippen LogP contribution < -0.4 is 4.90 Å². The van der Waals surface area contributed by atoms with Crippen LogP contribution in [-0.2, 0) is 0 Å². The Morgan fingerprint density at radius 1 is 0.400 bits per heavy atom. The van der Waals surface area contributed by atoms with Crippen molar-refractivity contribution in [2.45, 2.75) is 0 Å². The monoisotopic (exact) mass is 719 g/mol. The van der Waals surface area contributed by atoms with E-state index in [9.17, 15) is 0 Å². The zero-order valence-electron chi connectivity index (χ0n) is 29.8. The minimum absolute atomic E-state index is 0.908. The largest absolute Gasteiger partial charge is 0.455 e. The molecule has 0 amide bonds. The lowest BCUT2D eigenvalue weighted by Crippen LogP contribution is -2.11. The number of hydrogen-bond acceptors (Lipinski definition) is 3. The molecule has 3 heteroatoms. The molecule has 0 aliphatic carbocycles. The molecule has 0 aliphatic heterocycles. The van der Waals surface area contributed by atoms with Crippen LogP contribution in [0.1, 0.15) is 0 Å². The van der Waals surface area contributed by atoms with E-state index >= 15 is 0 Å². The van der Waals surface area contributed by atoms with Gasteiger partial charge in [-0.2, -0.15) is 0 Å². The molecular weight excluding hydrogens is 687 g/mol. The first kappa shape index (κ1) is 31.6. The van der Waals surface area contributed by atoms with Gasteiger partial charge in [-0.1, -0.05) is 152 Å². The van der Waals surface area contributed by atoms with E-state index in [1.54, 1.807) is 0 Å². The van der Waals surface area contributed by atoms with Crippen LogP contribution in [0, 0.1) is 0 Å². The fraction of sp³-hybridized carbons (Fsp3) is 0. The summed E-state index contributed by atoms with van der Waals surface area (Å²) in [7, 11) is 0. The Morgan fingerprint density at radius 3 is 1.82 bits per heavy atom. The maximum absolute atomic E-state index is 6.43. The second-order valence-electron chi connectivity index (χ2n) is 14.0. The molecule has 0 aliphatic rings. The molecule has 11 rings (SSSR count). The first-order valence-corrected chi connectivity index (χ1v) is 19.5. The molecule has 0 spiro atoms. The average Bonchev–Trinajstić information content (AvgIpc) is 3.82. The molecule has 0 fully saturated rings. The van der Waals surface area contributed by atoms with E-state index < -0.39 is 0 Å². The summed E-state index contributed by atoms with van der Waals surface area (Å²) in [6.45, 7) is 0. The zero-order chi connectivity index (χ0) is 36.3. The molecule has 0 unspecified atom stereocenters. The smallest absolute Gasteiger partial charge is 0.143 e. The summed E-state index contributed by atoms with van der Waals surface area (Å²) < 4.78 is 9.06. The van der Waals surface area contributed by atoms with Crippen molar-refractivity contribution in [3.8, 4) is 33.4 Å². The lowest BCUT2D eigenvalue weighted by atomic mass is 9.93. The number of para-hydroxylation sites is 3. The summed E-state index contributed by atoms with van der Waals surface area (Å²) in [5.41, 5.74) is 12.1. The van der Waals surface area contributed by atoms with Gasteiger partial charge in [0.15, 0.2) is 0 Å². The molecule has 0 N–H and O–H groups in total. The van der Waals surface area contributed by atoms with Gasteiger partial charge in [-0.3, -0.25) is 0 Å². The third kappa shape index (κ3) is 5.24. The number of benzene rings is 9. The molecule has 0 bridgehead atoms. The number of anilines is 3. The van der Waals surface area contributed by atoms with Gasteiger partial charge in [0.1, 0.15) is 11.2 Å². The average molecular weight is 720 g/mol. The van der Waals surface area contributed by atoms with Crippen molar-refractivity contribution >= 4 is 81.3 Å². The summed E-state index contributed by atoms with van der Waals surface area (Å²) in [6.07, 6.45) is 0. The standard InChI is InChI=1S/C52H33NOS/c1-2-13-34(14-3-1)40-16-6-9-22-46(40)53(38-29-25-35(26-30-38)42-20-12-21-44-43-18-7-10-23-47(43)54-52(42)44)39-31-27-36(28-32-39)50-41-17-5-4-15-37(41)33-49-51(50)45-19-8-11-24-48(45)55-49/h1-33H. The first-order valence-electron chi connectivity index (χ1n) is 18.7. The quantitative estimate of drug-likeness (QED) is 0.170. The molecule has 0 saturated heterocycles. The Hall–Kier alpha value is -6.94. The van der Waals surface area contributed by atoms with Crippen molar-refractivity contribution in [3.05, 3.63) is 200 Å². The minimum Gasteiger partial charge on any atom is -0.455 e. The third-order valence-electron chi connectivity index (χ3n) is 10.9. The normalized spacial score (nSPS) is 11.6. The molecule has 55 heavy (non-hydrogen) atoms. The molecule has 0 atom stereocenters. The molecule has 2 heterocycles. The Kier molecular flexibility index (Phi) is 7.39. The van der Waals surface area contributed by atoms with Gasteiger partial charge in [0.2, 0.25) is 0 Å². The lowest BCUT2D eigenvalue weighted by molar-refractivity contribution is 0.670. The van der Waals surface area contributed by atoms with E-state index in [4.69, 9.17) is 4.42 Å². The van der Waals surface area contributed by atoms with Crippen molar-refractivity contribution in [3.63, 3.8) is 0 Å². The van der Waals surface area contributed by atoms with Crippen LogP contribution in [0.2, 0.25) is 0 Å². The predicted molar refractivity (Wildman–Crippen MR) is 235 cm³/mol. The van der Waals surface area contributed by atoms with Crippen LogP contribution >= 0.6 is 11.3 Å². The van der Waals surface area contributed by atoms with Crippen LogP contribution in [-0.4, -0.2) is 0 Å². The molecule has 2 nitrogen and oxygen atoms in total. The second-order valence-corrected chi connectivity index (χ2v) is 15.1. The highest BCUT2D eigenvalue weighted by Gasteiger charge is 2.20. The molecule has 2 aromatic heterocycles. The summed E-state index contributed by atoms with van der Waals surface area (Å²) in [5.74, 6) is 0. The first-order chi connectivity index (χ1) is 27.3. The van der Waals surface area contributed by atoms with E-state index in [1.165, 1.54) is 53.2 Å². The molecular formula is C52H33NOS. The molecule has 0 radical (unpaired) electrons. The summed E-state index contributed by atoms with van der Waals surface area (Å²) in [4.78, 5) is 2.39. The van der Waals surface area contributed by atoms with Gasteiger partial charge in [-0.15, -0.1) is 11.3 Å². The van der Waals surface area contributed by atoms with Crippen LogP contribution in [0.25, 0.3) is 86.3 Å². The Balaban J connectivity index is 1.07. The van der Waals surface area contributed by atoms with E-state index in [0.29, 0.717) is 0 Å². The number of furan rings is 1. The summed E-state index contributed by atoms with van der Waals surface area (Å²) >= 11 is 1.87. The van der Waals surface area contributed by atoms with Crippen molar-refractivity contribution in [1.82, 2.24) is 0 Å². The van der Waals surface area contributed by atoms with Crippen molar-refractivity contribution in [1.29, 1.82) is 0 Å². The number of thiophene rings is 1. The number of hydrogen-bond donors (Lipinski definition) is 0. The van der Waals surface area contributed by atoms with E-state index in [1.807, 2.05) is 23.5 Å². The van der Waals surface area contributed by atoms with Gasteiger partial charge in [-0.05, 0) is 81.6 Å². The second kappa shape index (κ2) is 12.9. The number of nitrogens with zero attached hydrogens (tertiary/aromatic N) is 1. The van der Waals surface area contributed by atoms with E-state index in [2.05, 4.69) is 193 Å². The van der Waals surface area contributed by atoms with Gasteiger partial charge in [0, 0.05) is 53.4 Å². The van der Waals surface area contributed by atoms with Gasteiger partial charge < -0.3 is 9.32 Å². The predicted octanol–water partition coefficient (Wildman–Crippen LogP) is 15.6. The van der Waals surface area contributed by atoms with Gasteiger partial charge in [0.25, 0.3) is 0 Å². The Morgan fingerprint density at radius 2 is 1.00 bits per heavy atom. The Bertz CT molecular complexity index is 3190. The van der Waals surface area contributed by atoms with Gasteiger partial charge in [0.05, 0.1) is 5.69 Å². The maximum atomic E-state index is 6.43. The number of rotatable bonds is 6. The molecule has 11 aromatic rings. The lowest BCUT2D eigenvalue weighted by Gasteiger charge is -2.28.